The summed E-state index contributed by atoms with van der Waals surface area (Å²) in [5, 5.41) is 4.11. The van der Waals surface area contributed by atoms with Crippen LogP contribution >= 0.6 is 0 Å². The highest BCUT2D eigenvalue weighted by Gasteiger charge is 2.25. The van der Waals surface area contributed by atoms with Gasteiger partial charge in [-0.15, -0.1) is 5.10 Å². The number of nitrogens with two attached hydrogens (primary N) is 2. The van der Waals surface area contributed by atoms with Crippen LogP contribution < -0.4 is 11.5 Å². The fraction of sp³-hybridized carbons (Fsp3) is 0.412. The van der Waals surface area contributed by atoms with Gasteiger partial charge in [0.1, 0.15) is 0 Å². The van der Waals surface area contributed by atoms with Crippen LogP contribution in [0.25, 0.3) is 11.4 Å². The Hall–Kier alpha value is -2.54. The summed E-state index contributed by atoms with van der Waals surface area (Å²) >= 11 is 0. The van der Waals surface area contributed by atoms with E-state index >= 15 is 0 Å². The molecule has 1 saturated heterocycles. The van der Waals surface area contributed by atoms with Gasteiger partial charge in [0.25, 0.3) is 0 Å². The maximum absolute atomic E-state index is 5.83. The predicted molar refractivity (Wildman–Crippen MR) is 97.5 cm³/mol. The van der Waals surface area contributed by atoms with Gasteiger partial charge in [-0.2, -0.15) is 9.67 Å². The molecule has 1 fully saturated rings. The van der Waals surface area contributed by atoms with Crippen molar-refractivity contribution in [2.75, 3.05) is 38.7 Å². The molecule has 3 rings (SSSR count). The van der Waals surface area contributed by atoms with Gasteiger partial charge in [-0.3, -0.25) is 0 Å². The fourth-order valence-corrected chi connectivity index (χ4v) is 3.22. The molecule has 1 aliphatic heterocycles. The van der Waals surface area contributed by atoms with E-state index in [9.17, 15) is 0 Å². The molecule has 0 spiro atoms. The van der Waals surface area contributed by atoms with Gasteiger partial charge in [-0.25, -0.2) is 0 Å². The monoisotopic (exact) mass is 327 g/mol. The van der Waals surface area contributed by atoms with Crippen LogP contribution in [0.1, 0.15) is 18.9 Å². The normalized spacial score (nSPS) is 18.6. The standard InChI is InChI=1S/C17H25N7/c1-4-15(23-10-9-14(11-23)22(2)3)12-5-7-13(8-6-12)24-17(19)20-16(18)21-24/h4-8,14H,9-11H2,1-3H3,(H4,18,19,20,21). The van der Waals surface area contributed by atoms with Crippen LogP contribution in [0, 0.1) is 0 Å². The summed E-state index contributed by atoms with van der Waals surface area (Å²) in [6.45, 7) is 4.22. The van der Waals surface area contributed by atoms with Crippen molar-refractivity contribution in [3.05, 3.63) is 35.9 Å². The van der Waals surface area contributed by atoms with E-state index in [2.05, 4.69) is 59.1 Å². The van der Waals surface area contributed by atoms with Crippen LogP contribution in [0.15, 0.2) is 30.3 Å². The van der Waals surface area contributed by atoms with Crippen LogP contribution in [-0.4, -0.2) is 57.8 Å². The largest absolute Gasteiger partial charge is 0.370 e. The number of nitrogen functional groups attached to an aromatic ring is 2. The second-order valence-electron chi connectivity index (χ2n) is 6.31. The van der Waals surface area contributed by atoms with Gasteiger partial charge in [0.05, 0.1) is 5.69 Å². The molecule has 0 bridgehead atoms. The third kappa shape index (κ3) is 3.07. The molecule has 24 heavy (non-hydrogen) atoms. The van der Waals surface area contributed by atoms with E-state index in [0.717, 1.165) is 18.8 Å². The van der Waals surface area contributed by atoms with Crippen molar-refractivity contribution >= 4 is 17.6 Å². The second kappa shape index (κ2) is 6.52. The summed E-state index contributed by atoms with van der Waals surface area (Å²) in [6, 6.07) is 8.76. The van der Waals surface area contributed by atoms with Crippen molar-refractivity contribution in [2.24, 2.45) is 0 Å². The molecule has 0 aliphatic carbocycles. The first kappa shape index (κ1) is 16.3. The minimum Gasteiger partial charge on any atom is -0.370 e. The number of likely N-dealkylation sites (N-methyl/N-ethyl adjacent to an activating group) is 1. The number of rotatable bonds is 4. The van der Waals surface area contributed by atoms with Gasteiger partial charge in [0, 0.05) is 24.8 Å². The van der Waals surface area contributed by atoms with Gasteiger partial charge >= 0.3 is 0 Å². The molecule has 1 aromatic heterocycles. The van der Waals surface area contributed by atoms with Crippen LogP contribution in [0.5, 0.6) is 0 Å². The van der Waals surface area contributed by atoms with Gasteiger partial charge in [-0.1, -0.05) is 18.2 Å². The molecule has 1 aromatic carbocycles. The van der Waals surface area contributed by atoms with Crippen molar-refractivity contribution in [2.45, 2.75) is 19.4 Å². The molecule has 7 heteroatoms. The van der Waals surface area contributed by atoms with E-state index in [-0.39, 0.29) is 5.95 Å². The van der Waals surface area contributed by atoms with Gasteiger partial charge in [-0.05, 0) is 45.1 Å². The van der Waals surface area contributed by atoms with Gasteiger partial charge in [0.2, 0.25) is 11.9 Å². The lowest BCUT2D eigenvalue weighted by molar-refractivity contribution is 0.299. The molecule has 0 radical (unpaired) electrons. The first-order valence-corrected chi connectivity index (χ1v) is 8.16. The van der Waals surface area contributed by atoms with E-state index in [1.807, 2.05) is 12.1 Å². The van der Waals surface area contributed by atoms with E-state index in [1.54, 1.807) is 4.68 Å². The zero-order chi connectivity index (χ0) is 17.3. The summed E-state index contributed by atoms with van der Waals surface area (Å²) < 4.78 is 1.55. The molecular formula is C17H25N7. The van der Waals surface area contributed by atoms with E-state index in [1.165, 1.54) is 17.7 Å². The number of aromatic nitrogens is 3. The first-order valence-electron chi connectivity index (χ1n) is 8.16. The van der Waals surface area contributed by atoms with Crippen molar-refractivity contribution in [3.8, 4) is 5.69 Å². The topological polar surface area (TPSA) is 89.2 Å². The maximum atomic E-state index is 5.83. The average molecular weight is 327 g/mol. The second-order valence-corrected chi connectivity index (χ2v) is 6.31. The van der Waals surface area contributed by atoms with Crippen LogP contribution in [0.2, 0.25) is 0 Å². The average Bonchev–Trinajstić information content (AvgIpc) is 3.16. The maximum Gasteiger partial charge on any atom is 0.241 e. The Morgan fingerprint density at radius 1 is 1.25 bits per heavy atom. The Labute approximate surface area is 142 Å². The molecule has 1 aliphatic rings. The summed E-state index contributed by atoms with van der Waals surface area (Å²) in [4.78, 5) is 8.68. The molecule has 1 unspecified atom stereocenters. The molecule has 0 saturated carbocycles. The first-order chi connectivity index (χ1) is 11.5. The number of nitrogens with zero attached hydrogens (tertiary/aromatic N) is 5. The third-order valence-corrected chi connectivity index (χ3v) is 4.56. The SMILES string of the molecule is CC=C(c1ccc(-n2nc(N)nc2N)cc1)N1CCC(N(C)C)C1. The molecule has 7 nitrogen and oxygen atoms in total. The molecule has 1 atom stereocenters. The van der Waals surface area contributed by atoms with Gasteiger partial charge in [0.15, 0.2) is 0 Å². The highest BCUT2D eigenvalue weighted by atomic mass is 15.4. The van der Waals surface area contributed by atoms with Crippen LogP contribution in [-0.2, 0) is 0 Å². The Morgan fingerprint density at radius 2 is 1.96 bits per heavy atom. The summed E-state index contributed by atoms with van der Waals surface area (Å²) in [7, 11) is 4.29. The third-order valence-electron chi connectivity index (χ3n) is 4.56. The van der Waals surface area contributed by atoms with E-state index in [0.29, 0.717) is 12.0 Å². The minimum atomic E-state index is 0.178. The Kier molecular flexibility index (Phi) is 4.44. The smallest absolute Gasteiger partial charge is 0.241 e. The number of allylic oxidation sites excluding steroid dienone is 1. The summed E-state index contributed by atoms with van der Waals surface area (Å²) in [6.07, 6.45) is 3.37. The lowest BCUT2D eigenvalue weighted by Gasteiger charge is -2.24. The molecule has 128 valence electrons. The zero-order valence-electron chi connectivity index (χ0n) is 14.5. The Morgan fingerprint density at radius 3 is 2.46 bits per heavy atom. The van der Waals surface area contributed by atoms with Crippen LogP contribution in [0.3, 0.4) is 0 Å². The molecule has 4 N–H and O–H groups in total. The Balaban J connectivity index is 1.80. The number of benzene rings is 1. The highest BCUT2D eigenvalue weighted by Crippen LogP contribution is 2.26. The fourth-order valence-electron chi connectivity index (χ4n) is 3.22. The number of anilines is 2. The lowest BCUT2D eigenvalue weighted by atomic mass is 10.1. The van der Waals surface area contributed by atoms with Gasteiger partial charge < -0.3 is 21.3 Å². The number of likely N-dealkylation sites (tertiary alicyclic amines) is 1. The summed E-state index contributed by atoms with van der Waals surface area (Å²) in [5.74, 6) is 0.470. The van der Waals surface area contributed by atoms with E-state index < -0.39 is 0 Å². The number of hydrogen-bond acceptors (Lipinski definition) is 6. The van der Waals surface area contributed by atoms with Crippen molar-refractivity contribution < 1.29 is 0 Å². The quantitative estimate of drug-likeness (QED) is 0.883. The summed E-state index contributed by atoms with van der Waals surface area (Å²) in [5.41, 5.74) is 14.7. The number of hydrogen-bond donors (Lipinski definition) is 2. The van der Waals surface area contributed by atoms with Crippen LogP contribution in [0.4, 0.5) is 11.9 Å². The molecular weight excluding hydrogens is 302 g/mol. The lowest BCUT2D eigenvalue weighted by Crippen LogP contribution is -2.31. The zero-order valence-corrected chi connectivity index (χ0v) is 14.5. The Bertz CT molecular complexity index is 730. The minimum absolute atomic E-state index is 0.178. The predicted octanol–water partition coefficient (Wildman–Crippen LogP) is 1.43. The van der Waals surface area contributed by atoms with Crippen molar-refractivity contribution in [1.29, 1.82) is 0 Å². The molecule has 0 amide bonds. The van der Waals surface area contributed by atoms with Crippen molar-refractivity contribution in [3.63, 3.8) is 0 Å². The highest BCUT2D eigenvalue weighted by molar-refractivity contribution is 5.65. The molecule has 2 heterocycles. The van der Waals surface area contributed by atoms with Crippen molar-refractivity contribution in [1.82, 2.24) is 24.6 Å². The van der Waals surface area contributed by atoms with E-state index in [4.69, 9.17) is 11.5 Å². The molecule has 2 aromatic rings.